The molecule has 0 aromatic carbocycles. The van der Waals surface area contributed by atoms with Crippen molar-refractivity contribution in [3.05, 3.63) is 23.5 Å². The van der Waals surface area contributed by atoms with Crippen LogP contribution in [-0.2, 0) is 14.3 Å². The van der Waals surface area contributed by atoms with Gasteiger partial charge in [0.05, 0.1) is 19.3 Å². The minimum Gasteiger partial charge on any atom is -0.496 e. The van der Waals surface area contributed by atoms with Crippen molar-refractivity contribution < 1.29 is 14.3 Å². The molecule has 0 bridgehead atoms. The molecular weight excluding hydrogens is 276 g/mol. The molecule has 0 saturated heterocycles. The SMILES string of the molecule is C/C=C(OC)\C(=C/C1CCCCC1)C(=O)OCC(C)(C)CC. The minimum atomic E-state index is -0.262. The molecule has 0 unspecified atom stereocenters. The van der Waals surface area contributed by atoms with Gasteiger partial charge in [-0.3, -0.25) is 0 Å². The largest absolute Gasteiger partial charge is 0.496 e. The maximum absolute atomic E-state index is 12.5. The third-order valence-electron chi connectivity index (χ3n) is 4.57. The van der Waals surface area contributed by atoms with Crippen LogP contribution in [0.4, 0.5) is 0 Å². The highest BCUT2D eigenvalue weighted by molar-refractivity contribution is 5.92. The molecule has 0 aliphatic heterocycles. The van der Waals surface area contributed by atoms with E-state index in [4.69, 9.17) is 9.47 Å². The van der Waals surface area contributed by atoms with E-state index >= 15 is 0 Å². The Morgan fingerprint density at radius 2 is 1.86 bits per heavy atom. The quantitative estimate of drug-likeness (QED) is 0.286. The molecule has 3 heteroatoms. The summed E-state index contributed by atoms with van der Waals surface area (Å²) in [4.78, 5) is 12.5. The highest BCUT2D eigenvalue weighted by atomic mass is 16.5. The molecule has 22 heavy (non-hydrogen) atoms. The summed E-state index contributed by atoms with van der Waals surface area (Å²) in [5.74, 6) is 0.813. The van der Waals surface area contributed by atoms with Gasteiger partial charge in [0.2, 0.25) is 0 Å². The number of carbonyl (C=O) groups excluding carboxylic acids is 1. The molecule has 0 aromatic heterocycles. The molecule has 126 valence electrons. The van der Waals surface area contributed by atoms with Crippen LogP contribution in [0.3, 0.4) is 0 Å². The second-order valence-corrected chi connectivity index (χ2v) is 6.93. The highest BCUT2D eigenvalue weighted by Crippen LogP contribution is 2.28. The van der Waals surface area contributed by atoms with E-state index in [-0.39, 0.29) is 11.4 Å². The van der Waals surface area contributed by atoms with Gasteiger partial charge in [-0.05, 0) is 43.6 Å². The normalized spacial score (nSPS) is 18.2. The monoisotopic (exact) mass is 308 g/mol. The molecule has 0 aromatic rings. The number of ether oxygens (including phenoxy) is 2. The van der Waals surface area contributed by atoms with Crippen LogP contribution in [0, 0.1) is 11.3 Å². The highest BCUT2D eigenvalue weighted by Gasteiger charge is 2.23. The molecule has 1 rings (SSSR count). The van der Waals surface area contributed by atoms with Crippen molar-refractivity contribution >= 4 is 5.97 Å². The van der Waals surface area contributed by atoms with E-state index in [1.54, 1.807) is 7.11 Å². The predicted molar refractivity (Wildman–Crippen MR) is 90.5 cm³/mol. The Hall–Kier alpha value is -1.25. The van der Waals surface area contributed by atoms with Gasteiger partial charge in [0, 0.05) is 0 Å². The first kappa shape index (κ1) is 18.8. The third-order valence-corrected chi connectivity index (χ3v) is 4.57. The van der Waals surface area contributed by atoms with Gasteiger partial charge >= 0.3 is 5.97 Å². The van der Waals surface area contributed by atoms with Gasteiger partial charge in [0.25, 0.3) is 0 Å². The number of carbonyl (C=O) groups is 1. The Morgan fingerprint density at radius 1 is 1.23 bits per heavy atom. The van der Waals surface area contributed by atoms with Gasteiger partial charge in [-0.25, -0.2) is 4.79 Å². The van der Waals surface area contributed by atoms with Gasteiger partial charge in [-0.1, -0.05) is 46.1 Å². The summed E-state index contributed by atoms with van der Waals surface area (Å²) in [6, 6.07) is 0. The molecule has 0 atom stereocenters. The van der Waals surface area contributed by atoms with Crippen molar-refractivity contribution in [1.82, 2.24) is 0 Å². The molecule has 0 radical (unpaired) electrons. The van der Waals surface area contributed by atoms with Crippen molar-refractivity contribution in [3.8, 4) is 0 Å². The topological polar surface area (TPSA) is 35.5 Å². The van der Waals surface area contributed by atoms with Crippen LogP contribution in [0.15, 0.2) is 23.5 Å². The number of esters is 1. The summed E-state index contributed by atoms with van der Waals surface area (Å²) in [6.45, 7) is 8.65. The van der Waals surface area contributed by atoms with Gasteiger partial charge in [-0.2, -0.15) is 0 Å². The van der Waals surface area contributed by atoms with Gasteiger partial charge in [-0.15, -0.1) is 0 Å². The van der Waals surface area contributed by atoms with E-state index in [2.05, 4.69) is 26.8 Å². The number of hydrogen-bond donors (Lipinski definition) is 0. The second-order valence-electron chi connectivity index (χ2n) is 6.93. The fourth-order valence-corrected chi connectivity index (χ4v) is 2.61. The van der Waals surface area contributed by atoms with E-state index in [1.165, 1.54) is 19.3 Å². The average molecular weight is 308 g/mol. The van der Waals surface area contributed by atoms with E-state index in [0.717, 1.165) is 19.3 Å². The first-order chi connectivity index (χ1) is 10.4. The Morgan fingerprint density at radius 3 is 2.36 bits per heavy atom. The fourth-order valence-electron chi connectivity index (χ4n) is 2.61. The Bertz CT molecular complexity index is 412. The van der Waals surface area contributed by atoms with Crippen LogP contribution < -0.4 is 0 Å². The van der Waals surface area contributed by atoms with Crippen molar-refractivity contribution in [1.29, 1.82) is 0 Å². The summed E-state index contributed by atoms with van der Waals surface area (Å²) in [5.41, 5.74) is 0.596. The lowest BCUT2D eigenvalue weighted by Gasteiger charge is -2.23. The molecule has 1 saturated carbocycles. The molecule has 1 aliphatic rings. The Labute approximate surface area is 135 Å². The van der Waals surface area contributed by atoms with Gasteiger partial charge in [0.15, 0.2) is 0 Å². The lowest BCUT2D eigenvalue weighted by atomic mass is 9.87. The van der Waals surface area contributed by atoms with Crippen molar-refractivity contribution in [2.75, 3.05) is 13.7 Å². The van der Waals surface area contributed by atoms with Gasteiger partial charge < -0.3 is 9.47 Å². The first-order valence-electron chi connectivity index (χ1n) is 8.53. The molecular formula is C19H32O3. The van der Waals surface area contributed by atoms with Crippen molar-refractivity contribution in [2.45, 2.75) is 66.2 Å². The summed E-state index contributed by atoms with van der Waals surface area (Å²) < 4.78 is 10.9. The Kier molecular flexibility index (Phi) is 7.70. The minimum absolute atomic E-state index is 0.00870. The van der Waals surface area contributed by atoms with Crippen LogP contribution in [0.1, 0.15) is 66.2 Å². The van der Waals surface area contributed by atoms with Gasteiger partial charge in [0.1, 0.15) is 5.76 Å². The molecule has 3 nitrogen and oxygen atoms in total. The molecule has 0 spiro atoms. The Balaban J connectivity index is 2.85. The summed E-state index contributed by atoms with van der Waals surface area (Å²) in [7, 11) is 1.60. The second kappa shape index (κ2) is 9.02. The van der Waals surface area contributed by atoms with Crippen LogP contribution in [0.2, 0.25) is 0 Å². The lowest BCUT2D eigenvalue weighted by Crippen LogP contribution is -2.23. The standard InChI is InChI=1S/C19H32O3/c1-6-17(21-5)16(13-15-11-9-8-10-12-15)18(20)22-14-19(3,4)7-2/h6,13,15H,7-12,14H2,1-5H3/b16-13+,17-6+. The van der Waals surface area contributed by atoms with Crippen molar-refractivity contribution in [3.63, 3.8) is 0 Å². The van der Waals surface area contributed by atoms with Crippen LogP contribution >= 0.6 is 0 Å². The number of allylic oxidation sites excluding steroid dienone is 2. The number of methoxy groups -OCH3 is 1. The maximum Gasteiger partial charge on any atom is 0.341 e. The number of rotatable bonds is 7. The lowest BCUT2D eigenvalue weighted by molar-refractivity contribution is -0.142. The third kappa shape index (κ3) is 5.86. The zero-order valence-electron chi connectivity index (χ0n) is 14.9. The van der Waals surface area contributed by atoms with Crippen LogP contribution in [-0.4, -0.2) is 19.7 Å². The van der Waals surface area contributed by atoms with E-state index < -0.39 is 0 Å². The van der Waals surface area contributed by atoms with E-state index in [0.29, 0.717) is 23.9 Å². The first-order valence-corrected chi connectivity index (χ1v) is 8.53. The molecule has 1 fully saturated rings. The molecule has 0 heterocycles. The van der Waals surface area contributed by atoms with E-state index in [1.807, 2.05) is 13.0 Å². The molecule has 0 amide bonds. The van der Waals surface area contributed by atoms with Crippen molar-refractivity contribution in [2.24, 2.45) is 11.3 Å². The average Bonchev–Trinajstić information content (AvgIpc) is 2.54. The van der Waals surface area contributed by atoms with E-state index in [9.17, 15) is 4.79 Å². The molecule has 1 aliphatic carbocycles. The maximum atomic E-state index is 12.5. The summed E-state index contributed by atoms with van der Waals surface area (Å²) in [6.07, 6.45) is 11.0. The summed E-state index contributed by atoms with van der Waals surface area (Å²) >= 11 is 0. The predicted octanol–water partition coefficient (Wildman–Crippen LogP) is 5.02. The zero-order valence-corrected chi connectivity index (χ0v) is 14.9. The molecule has 0 N–H and O–H groups in total. The van der Waals surface area contributed by atoms with Crippen LogP contribution in [0.5, 0.6) is 0 Å². The fraction of sp³-hybridized carbons (Fsp3) is 0.737. The zero-order chi connectivity index (χ0) is 16.6. The van der Waals surface area contributed by atoms with Crippen LogP contribution in [0.25, 0.3) is 0 Å². The number of hydrogen-bond acceptors (Lipinski definition) is 3. The smallest absolute Gasteiger partial charge is 0.341 e. The summed E-state index contributed by atoms with van der Waals surface area (Å²) in [5, 5.41) is 0.